The van der Waals surface area contributed by atoms with Crippen LogP contribution in [0.5, 0.6) is 0 Å². The number of thiophene rings is 1. The van der Waals surface area contributed by atoms with E-state index in [0.717, 1.165) is 21.4 Å². The third kappa shape index (κ3) is 2.18. The van der Waals surface area contributed by atoms with Gasteiger partial charge in [-0.3, -0.25) is 0 Å². The molecular weight excluding hydrogens is 292 g/mol. The van der Waals surface area contributed by atoms with Gasteiger partial charge >= 0.3 is 0 Å². The summed E-state index contributed by atoms with van der Waals surface area (Å²) in [6, 6.07) is 7.58. The smallest absolute Gasteiger partial charge is 0.245 e. The minimum absolute atomic E-state index is 0.248. The zero-order valence-corrected chi connectivity index (χ0v) is 12.6. The van der Waals surface area contributed by atoms with Gasteiger partial charge in [-0.2, -0.15) is 4.31 Å². The SMILES string of the molecule is NCc1sc2ccccc2c1S(=O)(=O)N1CC=CCC1. The zero-order chi connectivity index (χ0) is 14.2. The minimum Gasteiger partial charge on any atom is -0.326 e. The molecular formula is C14H16N2O2S2. The van der Waals surface area contributed by atoms with E-state index >= 15 is 0 Å². The van der Waals surface area contributed by atoms with Gasteiger partial charge in [0.2, 0.25) is 10.0 Å². The van der Waals surface area contributed by atoms with Crippen molar-refractivity contribution in [2.45, 2.75) is 17.9 Å². The van der Waals surface area contributed by atoms with Crippen LogP contribution in [0.15, 0.2) is 41.3 Å². The summed E-state index contributed by atoms with van der Waals surface area (Å²) in [7, 11) is -3.48. The van der Waals surface area contributed by atoms with E-state index in [4.69, 9.17) is 5.73 Å². The van der Waals surface area contributed by atoms with Gasteiger partial charge in [0.05, 0.1) is 0 Å². The van der Waals surface area contributed by atoms with Crippen molar-refractivity contribution in [3.63, 3.8) is 0 Å². The highest BCUT2D eigenvalue weighted by atomic mass is 32.2. The first-order valence-corrected chi connectivity index (χ1v) is 8.76. The fourth-order valence-electron chi connectivity index (χ4n) is 2.46. The maximum absolute atomic E-state index is 12.9. The summed E-state index contributed by atoms with van der Waals surface area (Å²) in [5.41, 5.74) is 5.75. The number of nitrogens with two attached hydrogens (primary N) is 1. The summed E-state index contributed by atoms with van der Waals surface area (Å²) in [5, 5.41) is 0.785. The standard InChI is InChI=1S/C14H16N2O2S2/c15-10-13-14(11-6-2-3-7-12(11)19-13)20(17,18)16-8-4-1-5-9-16/h1-4,6-7H,5,8-10,15H2. The normalized spacial score (nSPS) is 16.9. The molecule has 0 saturated heterocycles. The highest BCUT2D eigenvalue weighted by molar-refractivity contribution is 7.89. The fraction of sp³-hybridized carbons (Fsp3) is 0.286. The molecule has 4 nitrogen and oxygen atoms in total. The Bertz CT molecular complexity index is 763. The third-order valence-electron chi connectivity index (χ3n) is 3.42. The largest absolute Gasteiger partial charge is 0.326 e. The molecule has 0 radical (unpaired) electrons. The molecule has 1 aromatic heterocycles. The summed E-state index contributed by atoms with van der Waals surface area (Å²) < 4.78 is 28.3. The molecule has 2 aromatic rings. The molecule has 0 saturated carbocycles. The highest BCUT2D eigenvalue weighted by Crippen LogP contribution is 2.36. The summed E-state index contributed by atoms with van der Waals surface area (Å²) in [6.07, 6.45) is 4.68. The molecule has 6 heteroatoms. The van der Waals surface area contributed by atoms with E-state index in [9.17, 15) is 8.42 Å². The molecule has 3 rings (SSSR count). The Morgan fingerprint density at radius 1 is 1.25 bits per heavy atom. The van der Waals surface area contributed by atoms with Crippen molar-refractivity contribution < 1.29 is 8.42 Å². The summed E-state index contributed by atoms with van der Waals surface area (Å²) in [6.45, 7) is 1.22. The van der Waals surface area contributed by atoms with Gasteiger partial charge in [-0.05, 0) is 12.5 Å². The highest BCUT2D eigenvalue weighted by Gasteiger charge is 2.30. The van der Waals surface area contributed by atoms with Crippen LogP contribution in [0.25, 0.3) is 10.1 Å². The Hall–Kier alpha value is -1.21. The zero-order valence-electron chi connectivity index (χ0n) is 11.0. The molecule has 0 unspecified atom stereocenters. The molecule has 0 bridgehead atoms. The second-order valence-electron chi connectivity index (χ2n) is 4.68. The number of nitrogens with zero attached hydrogens (tertiary/aromatic N) is 1. The number of hydrogen-bond acceptors (Lipinski definition) is 4. The molecule has 2 heterocycles. The van der Waals surface area contributed by atoms with Crippen LogP contribution in [0.2, 0.25) is 0 Å². The quantitative estimate of drug-likeness (QED) is 0.885. The second kappa shape index (κ2) is 5.29. The summed E-state index contributed by atoms with van der Waals surface area (Å²) >= 11 is 1.47. The lowest BCUT2D eigenvalue weighted by Gasteiger charge is -2.23. The van der Waals surface area contributed by atoms with E-state index in [1.807, 2.05) is 36.4 Å². The molecule has 20 heavy (non-hydrogen) atoms. The fourth-order valence-corrected chi connectivity index (χ4v) is 5.65. The van der Waals surface area contributed by atoms with Gasteiger partial charge in [-0.1, -0.05) is 30.4 Å². The van der Waals surface area contributed by atoms with E-state index < -0.39 is 10.0 Å². The van der Waals surface area contributed by atoms with Crippen LogP contribution >= 0.6 is 11.3 Å². The van der Waals surface area contributed by atoms with Gasteiger partial charge in [0.15, 0.2) is 0 Å². The Morgan fingerprint density at radius 2 is 2.05 bits per heavy atom. The van der Waals surface area contributed by atoms with Gasteiger partial charge in [0.1, 0.15) is 4.90 Å². The number of rotatable bonds is 3. The number of benzene rings is 1. The first-order chi connectivity index (χ1) is 9.64. The van der Waals surface area contributed by atoms with Crippen molar-refractivity contribution in [2.75, 3.05) is 13.1 Å². The molecule has 1 aliphatic heterocycles. The average Bonchev–Trinajstić information content (AvgIpc) is 2.87. The molecule has 0 spiro atoms. The van der Waals surface area contributed by atoms with Crippen LogP contribution in [-0.4, -0.2) is 25.8 Å². The summed E-state index contributed by atoms with van der Waals surface area (Å²) in [4.78, 5) is 1.14. The second-order valence-corrected chi connectivity index (χ2v) is 7.69. The van der Waals surface area contributed by atoms with Crippen LogP contribution < -0.4 is 5.73 Å². The Labute approximate surface area is 122 Å². The Morgan fingerprint density at radius 3 is 2.75 bits per heavy atom. The minimum atomic E-state index is -3.48. The lowest BCUT2D eigenvalue weighted by atomic mass is 10.2. The molecule has 1 aliphatic rings. The molecule has 2 N–H and O–H groups in total. The van der Waals surface area contributed by atoms with E-state index in [2.05, 4.69) is 0 Å². The van der Waals surface area contributed by atoms with Gasteiger partial charge in [-0.25, -0.2) is 8.42 Å². The van der Waals surface area contributed by atoms with E-state index in [1.165, 1.54) is 15.6 Å². The Kier molecular flexibility index (Phi) is 3.64. The monoisotopic (exact) mass is 308 g/mol. The lowest BCUT2D eigenvalue weighted by Crippen LogP contribution is -2.34. The van der Waals surface area contributed by atoms with E-state index in [-0.39, 0.29) is 6.54 Å². The van der Waals surface area contributed by atoms with Gasteiger partial charge in [0.25, 0.3) is 0 Å². The van der Waals surface area contributed by atoms with Crippen molar-refractivity contribution in [3.05, 3.63) is 41.3 Å². The molecule has 0 aliphatic carbocycles. The van der Waals surface area contributed by atoms with Crippen molar-refractivity contribution in [2.24, 2.45) is 5.73 Å². The number of hydrogen-bond donors (Lipinski definition) is 1. The predicted molar refractivity (Wildman–Crippen MR) is 82.2 cm³/mol. The maximum Gasteiger partial charge on any atom is 0.245 e. The lowest BCUT2D eigenvalue weighted by molar-refractivity contribution is 0.438. The van der Waals surface area contributed by atoms with Gasteiger partial charge in [0, 0.05) is 34.6 Å². The molecule has 1 aromatic carbocycles. The van der Waals surface area contributed by atoms with Crippen LogP contribution in [0.1, 0.15) is 11.3 Å². The van der Waals surface area contributed by atoms with Crippen LogP contribution in [0.3, 0.4) is 0 Å². The Balaban J connectivity index is 2.19. The molecule has 0 atom stereocenters. The predicted octanol–water partition coefficient (Wildman–Crippen LogP) is 2.31. The first-order valence-electron chi connectivity index (χ1n) is 6.50. The van der Waals surface area contributed by atoms with E-state index in [0.29, 0.717) is 18.0 Å². The molecule has 106 valence electrons. The number of fused-ring (bicyclic) bond motifs is 1. The van der Waals surface area contributed by atoms with Crippen molar-refractivity contribution in [1.82, 2.24) is 4.31 Å². The third-order valence-corrected chi connectivity index (χ3v) is 6.74. The van der Waals surface area contributed by atoms with Crippen LogP contribution in [0.4, 0.5) is 0 Å². The summed E-state index contributed by atoms with van der Waals surface area (Å²) in [5.74, 6) is 0. The topological polar surface area (TPSA) is 63.4 Å². The van der Waals surface area contributed by atoms with Gasteiger partial charge in [-0.15, -0.1) is 11.3 Å². The van der Waals surface area contributed by atoms with E-state index in [1.54, 1.807) is 0 Å². The first kappa shape index (κ1) is 13.8. The van der Waals surface area contributed by atoms with Crippen molar-refractivity contribution >= 4 is 31.4 Å². The van der Waals surface area contributed by atoms with Gasteiger partial charge < -0.3 is 5.73 Å². The molecule has 0 fully saturated rings. The molecule has 0 amide bonds. The van der Waals surface area contributed by atoms with Crippen molar-refractivity contribution in [3.8, 4) is 0 Å². The number of sulfonamides is 1. The van der Waals surface area contributed by atoms with Crippen LogP contribution in [0, 0.1) is 0 Å². The average molecular weight is 308 g/mol. The maximum atomic E-state index is 12.9. The van der Waals surface area contributed by atoms with Crippen molar-refractivity contribution in [1.29, 1.82) is 0 Å². The van der Waals surface area contributed by atoms with Crippen LogP contribution in [-0.2, 0) is 16.6 Å².